The molecule has 0 bridgehead atoms. The number of rotatable bonds is 8. The quantitative estimate of drug-likeness (QED) is 0.720. The number of anilines is 1. The SMILES string of the molecule is CSc1ccccc1NC(=O)CCN(C)CC(=O)NC(C)C. The zero-order chi connectivity index (χ0) is 16.5. The largest absolute Gasteiger partial charge is 0.353 e. The number of hydrogen-bond donors (Lipinski definition) is 2. The molecule has 0 aliphatic rings. The molecule has 6 heteroatoms. The van der Waals surface area contributed by atoms with Crippen molar-refractivity contribution in [3.63, 3.8) is 0 Å². The Balaban J connectivity index is 2.38. The maximum absolute atomic E-state index is 12.0. The van der Waals surface area contributed by atoms with Crippen LogP contribution in [0.4, 0.5) is 5.69 Å². The van der Waals surface area contributed by atoms with Crippen LogP contribution in [0.5, 0.6) is 0 Å². The number of nitrogens with zero attached hydrogens (tertiary/aromatic N) is 1. The summed E-state index contributed by atoms with van der Waals surface area (Å²) < 4.78 is 0. The number of likely N-dealkylation sites (N-methyl/N-ethyl adjacent to an activating group) is 1. The van der Waals surface area contributed by atoms with Crippen LogP contribution in [0.3, 0.4) is 0 Å². The van der Waals surface area contributed by atoms with Crippen molar-refractivity contribution in [3.05, 3.63) is 24.3 Å². The molecular weight excluding hydrogens is 298 g/mol. The van der Waals surface area contributed by atoms with E-state index in [0.717, 1.165) is 10.6 Å². The summed E-state index contributed by atoms with van der Waals surface area (Å²) in [6.07, 6.45) is 2.33. The van der Waals surface area contributed by atoms with Gasteiger partial charge in [-0.25, -0.2) is 0 Å². The molecule has 0 aliphatic heterocycles. The molecule has 0 unspecified atom stereocenters. The van der Waals surface area contributed by atoms with Crippen LogP contribution in [0, 0.1) is 0 Å². The topological polar surface area (TPSA) is 61.4 Å². The molecule has 2 amide bonds. The van der Waals surface area contributed by atoms with E-state index < -0.39 is 0 Å². The molecule has 0 radical (unpaired) electrons. The monoisotopic (exact) mass is 323 g/mol. The van der Waals surface area contributed by atoms with Gasteiger partial charge in [0.1, 0.15) is 0 Å². The van der Waals surface area contributed by atoms with Gasteiger partial charge in [0.05, 0.1) is 12.2 Å². The number of carbonyl (C=O) groups excluding carboxylic acids is 2. The Bertz CT molecular complexity index is 506. The van der Waals surface area contributed by atoms with Gasteiger partial charge in [-0.15, -0.1) is 11.8 Å². The summed E-state index contributed by atoms with van der Waals surface area (Å²) in [5.41, 5.74) is 0.834. The van der Waals surface area contributed by atoms with E-state index in [1.807, 2.05) is 56.3 Å². The fourth-order valence-corrected chi connectivity index (χ4v) is 2.50. The van der Waals surface area contributed by atoms with E-state index in [9.17, 15) is 9.59 Å². The van der Waals surface area contributed by atoms with Gasteiger partial charge in [-0.2, -0.15) is 0 Å². The molecule has 0 heterocycles. The minimum atomic E-state index is -0.0439. The van der Waals surface area contributed by atoms with Crippen LogP contribution in [-0.2, 0) is 9.59 Å². The van der Waals surface area contributed by atoms with E-state index in [0.29, 0.717) is 19.5 Å². The lowest BCUT2D eigenvalue weighted by molar-refractivity contribution is -0.123. The molecule has 0 aliphatic carbocycles. The highest BCUT2D eigenvalue weighted by Gasteiger charge is 2.10. The molecule has 5 nitrogen and oxygen atoms in total. The second-order valence-electron chi connectivity index (χ2n) is 5.46. The average Bonchev–Trinajstić information content (AvgIpc) is 2.44. The molecule has 122 valence electrons. The molecule has 0 fully saturated rings. The van der Waals surface area contributed by atoms with Crippen LogP contribution < -0.4 is 10.6 Å². The molecule has 0 spiro atoms. The molecule has 0 atom stereocenters. The highest BCUT2D eigenvalue weighted by Crippen LogP contribution is 2.24. The molecule has 0 aromatic heterocycles. The van der Waals surface area contributed by atoms with Crippen molar-refractivity contribution in [3.8, 4) is 0 Å². The Hall–Kier alpha value is -1.53. The maximum atomic E-state index is 12.0. The third kappa shape index (κ3) is 6.95. The predicted octanol–water partition coefficient (Wildman–Crippen LogP) is 2.19. The molecule has 0 saturated carbocycles. The van der Waals surface area contributed by atoms with Gasteiger partial charge in [0, 0.05) is 23.9 Å². The molecule has 1 rings (SSSR count). The van der Waals surface area contributed by atoms with Crippen molar-refractivity contribution in [2.45, 2.75) is 31.2 Å². The van der Waals surface area contributed by atoms with Crippen molar-refractivity contribution in [2.24, 2.45) is 0 Å². The van der Waals surface area contributed by atoms with Gasteiger partial charge in [0.25, 0.3) is 0 Å². The van der Waals surface area contributed by atoms with Crippen molar-refractivity contribution < 1.29 is 9.59 Å². The highest BCUT2D eigenvalue weighted by molar-refractivity contribution is 7.98. The predicted molar refractivity (Wildman–Crippen MR) is 92.2 cm³/mol. The first-order chi connectivity index (χ1) is 10.4. The Labute approximate surface area is 136 Å². The van der Waals surface area contributed by atoms with Gasteiger partial charge in [-0.3, -0.25) is 14.5 Å². The summed E-state index contributed by atoms with van der Waals surface area (Å²) in [5.74, 6) is -0.0664. The highest BCUT2D eigenvalue weighted by atomic mass is 32.2. The first-order valence-electron chi connectivity index (χ1n) is 7.33. The zero-order valence-corrected chi connectivity index (χ0v) is 14.5. The number of thioether (sulfide) groups is 1. The van der Waals surface area contributed by atoms with Gasteiger partial charge < -0.3 is 10.6 Å². The standard InChI is InChI=1S/C16H25N3O2S/c1-12(2)17-16(21)11-19(3)10-9-15(20)18-13-7-5-6-8-14(13)22-4/h5-8,12H,9-11H2,1-4H3,(H,17,21)(H,18,20). The number of benzene rings is 1. The fourth-order valence-electron chi connectivity index (χ4n) is 1.94. The van der Waals surface area contributed by atoms with E-state index in [1.165, 1.54) is 0 Å². The van der Waals surface area contributed by atoms with Gasteiger partial charge in [0.2, 0.25) is 11.8 Å². The summed E-state index contributed by atoms with van der Waals surface area (Å²) in [5, 5.41) is 5.75. The van der Waals surface area contributed by atoms with Gasteiger partial charge in [-0.05, 0) is 39.3 Å². The van der Waals surface area contributed by atoms with Crippen LogP contribution in [-0.4, -0.2) is 49.1 Å². The Morgan fingerprint density at radius 1 is 1.23 bits per heavy atom. The zero-order valence-electron chi connectivity index (χ0n) is 13.7. The average molecular weight is 323 g/mol. The smallest absolute Gasteiger partial charge is 0.234 e. The third-order valence-corrected chi connectivity index (χ3v) is 3.76. The lowest BCUT2D eigenvalue weighted by Gasteiger charge is -2.17. The Kier molecular flexibility index (Phi) is 7.98. The molecule has 22 heavy (non-hydrogen) atoms. The van der Waals surface area contributed by atoms with Crippen LogP contribution in [0.2, 0.25) is 0 Å². The fraction of sp³-hybridized carbons (Fsp3) is 0.500. The number of carbonyl (C=O) groups is 2. The van der Waals surface area contributed by atoms with Crippen LogP contribution in [0.15, 0.2) is 29.2 Å². The minimum Gasteiger partial charge on any atom is -0.353 e. The first-order valence-corrected chi connectivity index (χ1v) is 8.55. The Morgan fingerprint density at radius 2 is 1.91 bits per heavy atom. The Morgan fingerprint density at radius 3 is 2.55 bits per heavy atom. The van der Waals surface area contributed by atoms with Crippen LogP contribution >= 0.6 is 11.8 Å². The van der Waals surface area contributed by atoms with E-state index in [-0.39, 0.29) is 17.9 Å². The second kappa shape index (κ2) is 9.48. The molecule has 1 aromatic carbocycles. The van der Waals surface area contributed by atoms with Crippen molar-refractivity contribution in [1.29, 1.82) is 0 Å². The molecular formula is C16H25N3O2S. The number of nitrogens with one attached hydrogen (secondary N) is 2. The van der Waals surface area contributed by atoms with E-state index >= 15 is 0 Å². The maximum Gasteiger partial charge on any atom is 0.234 e. The normalized spacial score (nSPS) is 10.8. The number of amides is 2. The first kappa shape index (κ1) is 18.5. The molecule has 1 aromatic rings. The summed E-state index contributed by atoms with van der Waals surface area (Å²) >= 11 is 1.60. The number of para-hydroxylation sites is 1. The lowest BCUT2D eigenvalue weighted by atomic mass is 10.3. The molecule has 0 saturated heterocycles. The van der Waals surface area contributed by atoms with Crippen LogP contribution in [0.1, 0.15) is 20.3 Å². The van der Waals surface area contributed by atoms with Crippen molar-refractivity contribution in [2.75, 3.05) is 31.7 Å². The summed E-state index contributed by atoms with van der Waals surface area (Å²) in [6, 6.07) is 7.85. The summed E-state index contributed by atoms with van der Waals surface area (Å²) in [6.45, 7) is 4.69. The molecule has 2 N–H and O–H groups in total. The second-order valence-corrected chi connectivity index (χ2v) is 6.31. The summed E-state index contributed by atoms with van der Waals surface area (Å²) in [7, 11) is 1.84. The lowest BCUT2D eigenvalue weighted by Crippen LogP contribution is -2.39. The van der Waals surface area contributed by atoms with Gasteiger partial charge in [0.15, 0.2) is 0 Å². The van der Waals surface area contributed by atoms with Crippen LogP contribution in [0.25, 0.3) is 0 Å². The van der Waals surface area contributed by atoms with E-state index in [4.69, 9.17) is 0 Å². The van der Waals surface area contributed by atoms with E-state index in [1.54, 1.807) is 11.8 Å². The van der Waals surface area contributed by atoms with E-state index in [2.05, 4.69) is 10.6 Å². The van der Waals surface area contributed by atoms with Gasteiger partial charge >= 0.3 is 0 Å². The van der Waals surface area contributed by atoms with Gasteiger partial charge in [-0.1, -0.05) is 12.1 Å². The minimum absolute atomic E-state index is 0.0226. The van der Waals surface area contributed by atoms with Crippen molar-refractivity contribution in [1.82, 2.24) is 10.2 Å². The number of hydrogen-bond acceptors (Lipinski definition) is 4. The van der Waals surface area contributed by atoms with Crippen molar-refractivity contribution >= 4 is 29.3 Å². The summed E-state index contributed by atoms with van der Waals surface area (Å²) in [4.78, 5) is 26.5. The third-order valence-electron chi connectivity index (χ3n) is 2.96.